The van der Waals surface area contributed by atoms with Gasteiger partial charge in [-0.3, -0.25) is 19.3 Å². The highest BCUT2D eigenvalue weighted by Gasteiger charge is 2.43. The van der Waals surface area contributed by atoms with Gasteiger partial charge in [0.1, 0.15) is 12.1 Å². The molecule has 2 bridgehead atoms. The van der Waals surface area contributed by atoms with E-state index in [-0.39, 0.29) is 23.8 Å². The molecule has 0 unspecified atom stereocenters. The van der Waals surface area contributed by atoms with Gasteiger partial charge >= 0.3 is 0 Å². The molecule has 0 radical (unpaired) electrons. The average Bonchev–Trinajstić information content (AvgIpc) is 2.85. The Morgan fingerprint density at radius 1 is 1.06 bits per heavy atom. The molecule has 0 aromatic heterocycles. The van der Waals surface area contributed by atoms with E-state index in [1.165, 1.54) is 5.57 Å². The number of nitrogens with zero attached hydrogens (tertiary/aromatic N) is 2. The van der Waals surface area contributed by atoms with E-state index in [9.17, 15) is 14.4 Å². The molecule has 5 atom stereocenters. The molecule has 0 saturated carbocycles. The summed E-state index contributed by atoms with van der Waals surface area (Å²) >= 11 is 0. The lowest BCUT2D eigenvalue weighted by molar-refractivity contribution is -0.145. The molecular weight excluding hydrogens is 452 g/mol. The first-order valence-electron chi connectivity index (χ1n) is 13.6. The number of hydrogen-bond donors (Lipinski definition) is 2. The number of benzene rings is 1. The molecule has 196 valence electrons. The molecule has 2 N–H and O–H groups in total. The number of allylic oxidation sites excluding steroid dienone is 1. The molecule has 1 aromatic rings. The van der Waals surface area contributed by atoms with Gasteiger partial charge in [-0.1, -0.05) is 42.0 Å². The smallest absolute Gasteiger partial charge is 0.245 e. The van der Waals surface area contributed by atoms with Crippen LogP contribution in [0.25, 0.3) is 0 Å². The Kier molecular flexibility index (Phi) is 8.83. The molecular formula is C29H42N4O3. The predicted octanol–water partition coefficient (Wildman–Crippen LogP) is 2.91. The van der Waals surface area contributed by atoms with E-state index in [2.05, 4.69) is 35.5 Å². The van der Waals surface area contributed by atoms with Crippen LogP contribution in [0.3, 0.4) is 0 Å². The number of rotatable bonds is 5. The lowest BCUT2D eigenvalue weighted by atomic mass is 9.77. The van der Waals surface area contributed by atoms with Crippen molar-refractivity contribution in [3.63, 3.8) is 0 Å². The fraction of sp³-hybridized carbons (Fsp3) is 0.621. The van der Waals surface area contributed by atoms with Crippen LogP contribution < -0.4 is 10.6 Å². The van der Waals surface area contributed by atoms with Gasteiger partial charge in [0.05, 0.1) is 0 Å². The average molecular weight is 495 g/mol. The fourth-order valence-electron chi connectivity index (χ4n) is 6.12. The second-order valence-corrected chi connectivity index (χ2v) is 11.2. The van der Waals surface area contributed by atoms with E-state index in [0.717, 1.165) is 51.0 Å². The lowest BCUT2D eigenvalue weighted by Crippen LogP contribution is -2.62. The van der Waals surface area contributed by atoms with E-state index in [0.29, 0.717) is 31.1 Å². The molecule has 1 aromatic carbocycles. The van der Waals surface area contributed by atoms with Gasteiger partial charge in [-0.15, -0.1) is 0 Å². The Morgan fingerprint density at radius 2 is 1.83 bits per heavy atom. The second-order valence-electron chi connectivity index (χ2n) is 11.2. The highest BCUT2D eigenvalue weighted by molar-refractivity contribution is 5.92. The summed E-state index contributed by atoms with van der Waals surface area (Å²) in [6.45, 7) is 9.70. The highest BCUT2D eigenvalue weighted by Crippen LogP contribution is 2.36. The van der Waals surface area contributed by atoms with Gasteiger partial charge < -0.3 is 15.5 Å². The monoisotopic (exact) mass is 494 g/mol. The number of carbonyl (C=O) groups is 3. The van der Waals surface area contributed by atoms with Crippen molar-refractivity contribution in [3.05, 3.63) is 47.5 Å². The summed E-state index contributed by atoms with van der Waals surface area (Å²) in [5, 5.41) is 5.88. The van der Waals surface area contributed by atoms with E-state index < -0.39 is 12.1 Å². The summed E-state index contributed by atoms with van der Waals surface area (Å²) in [6.07, 6.45) is 6.51. The summed E-state index contributed by atoms with van der Waals surface area (Å²) in [6, 6.07) is 8.81. The lowest BCUT2D eigenvalue weighted by Gasteiger charge is -2.51. The van der Waals surface area contributed by atoms with Crippen LogP contribution in [0.2, 0.25) is 0 Å². The number of fused-ring (bicyclic) bond motifs is 4. The minimum Gasteiger partial charge on any atom is -0.344 e. The van der Waals surface area contributed by atoms with Crippen LogP contribution in [0.15, 0.2) is 42.0 Å². The van der Waals surface area contributed by atoms with E-state index in [1.807, 2.05) is 35.2 Å². The maximum absolute atomic E-state index is 13.6. The maximum Gasteiger partial charge on any atom is 0.245 e. The van der Waals surface area contributed by atoms with Crippen LogP contribution in [0.1, 0.15) is 58.4 Å². The van der Waals surface area contributed by atoms with Crippen molar-refractivity contribution in [2.45, 2.75) is 77.4 Å². The SMILES string of the molecule is CC(C)=CCN1C[C@@H]2C[C@H](C1)[C@@H]1CCCC(=O)N[C@@H](CCc3ccccc3)C(=O)N[C@H](C)C(=O)N1C2. The third-order valence-corrected chi connectivity index (χ3v) is 7.93. The molecule has 4 rings (SSSR count). The van der Waals surface area contributed by atoms with Crippen molar-refractivity contribution in [3.8, 4) is 0 Å². The number of piperidine rings is 2. The summed E-state index contributed by atoms with van der Waals surface area (Å²) in [5.41, 5.74) is 2.45. The molecule has 3 aliphatic rings. The van der Waals surface area contributed by atoms with Crippen LogP contribution in [0.5, 0.6) is 0 Å². The van der Waals surface area contributed by atoms with Crippen molar-refractivity contribution in [1.82, 2.24) is 20.4 Å². The Bertz CT molecular complexity index is 959. The molecule has 3 amide bonds. The molecule has 3 saturated heterocycles. The molecule has 3 aliphatic heterocycles. The van der Waals surface area contributed by atoms with Gasteiger partial charge in [-0.2, -0.15) is 0 Å². The Morgan fingerprint density at radius 3 is 2.58 bits per heavy atom. The van der Waals surface area contributed by atoms with E-state index in [4.69, 9.17) is 0 Å². The Labute approximate surface area is 215 Å². The standard InChI is InChI=1S/C29H42N4O3/c1-20(2)14-15-32-17-23-16-24(19-32)26-10-7-11-27(34)31-25(13-12-22-8-5-4-6-9-22)28(35)30-21(3)29(36)33(26)18-23/h4-6,8-9,14,21,23-26H,7,10-13,15-19H2,1-3H3,(H,30,35)(H,31,34)/t21-,23+,24-,25+,26+/m1/s1. The van der Waals surface area contributed by atoms with Gasteiger partial charge in [0.2, 0.25) is 17.7 Å². The third-order valence-electron chi connectivity index (χ3n) is 7.93. The van der Waals surface area contributed by atoms with Gasteiger partial charge in [0.25, 0.3) is 0 Å². The first-order valence-corrected chi connectivity index (χ1v) is 13.6. The molecule has 3 fully saturated rings. The number of nitrogens with one attached hydrogen (secondary N) is 2. The number of likely N-dealkylation sites (tertiary alicyclic amines) is 1. The molecule has 0 spiro atoms. The molecule has 7 heteroatoms. The summed E-state index contributed by atoms with van der Waals surface area (Å²) in [5.74, 6) is 0.500. The van der Waals surface area contributed by atoms with Crippen molar-refractivity contribution >= 4 is 17.7 Å². The highest BCUT2D eigenvalue weighted by atomic mass is 16.2. The van der Waals surface area contributed by atoms with Crippen molar-refractivity contribution in [2.24, 2.45) is 11.8 Å². The van der Waals surface area contributed by atoms with Gasteiger partial charge in [0.15, 0.2) is 0 Å². The summed E-state index contributed by atoms with van der Waals surface area (Å²) < 4.78 is 0. The van der Waals surface area contributed by atoms with Crippen molar-refractivity contribution < 1.29 is 14.4 Å². The first-order chi connectivity index (χ1) is 17.3. The zero-order valence-corrected chi connectivity index (χ0v) is 22.0. The van der Waals surface area contributed by atoms with Crippen LogP contribution >= 0.6 is 0 Å². The van der Waals surface area contributed by atoms with Gasteiger partial charge in [-0.05, 0) is 70.3 Å². The molecule has 0 aliphatic carbocycles. The fourth-order valence-corrected chi connectivity index (χ4v) is 6.12. The quantitative estimate of drug-likeness (QED) is 0.617. The summed E-state index contributed by atoms with van der Waals surface area (Å²) in [7, 11) is 0. The largest absolute Gasteiger partial charge is 0.344 e. The van der Waals surface area contributed by atoms with E-state index in [1.54, 1.807) is 6.92 Å². The molecule has 36 heavy (non-hydrogen) atoms. The maximum atomic E-state index is 13.6. The number of aryl methyl sites for hydroxylation is 1. The topological polar surface area (TPSA) is 81.8 Å². The zero-order valence-electron chi connectivity index (χ0n) is 22.0. The Hall–Kier alpha value is -2.67. The van der Waals surface area contributed by atoms with Crippen LogP contribution in [0, 0.1) is 11.8 Å². The zero-order chi connectivity index (χ0) is 25.7. The van der Waals surface area contributed by atoms with Crippen LogP contribution in [-0.2, 0) is 20.8 Å². The molecule has 3 heterocycles. The number of hydrogen-bond acceptors (Lipinski definition) is 4. The minimum absolute atomic E-state index is 0.00880. The van der Waals surface area contributed by atoms with Gasteiger partial charge in [-0.25, -0.2) is 0 Å². The normalized spacial score (nSPS) is 29.8. The van der Waals surface area contributed by atoms with E-state index >= 15 is 0 Å². The second kappa shape index (κ2) is 12.0. The third kappa shape index (κ3) is 6.75. The number of carbonyl (C=O) groups excluding carboxylic acids is 3. The van der Waals surface area contributed by atoms with Crippen LogP contribution in [-0.4, -0.2) is 71.8 Å². The number of amides is 3. The Balaban J connectivity index is 1.46. The summed E-state index contributed by atoms with van der Waals surface area (Å²) in [4.78, 5) is 44.1. The van der Waals surface area contributed by atoms with Crippen molar-refractivity contribution in [1.29, 1.82) is 0 Å². The predicted molar refractivity (Wildman–Crippen MR) is 141 cm³/mol. The molecule has 7 nitrogen and oxygen atoms in total. The first kappa shape index (κ1) is 26.4. The van der Waals surface area contributed by atoms with Gasteiger partial charge in [0, 0.05) is 38.6 Å². The van der Waals surface area contributed by atoms with Crippen molar-refractivity contribution in [2.75, 3.05) is 26.2 Å². The minimum atomic E-state index is -0.646. The van der Waals surface area contributed by atoms with Crippen LogP contribution in [0.4, 0.5) is 0 Å².